The highest BCUT2D eigenvalue weighted by molar-refractivity contribution is 7.87. The van der Waals surface area contributed by atoms with Crippen molar-refractivity contribution in [1.29, 1.82) is 0 Å². The molecule has 1 unspecified atom stereocenters. The van der Waals surface area contributed by atoms with Crippen molar-refractivity contribution in [2.24, 2.45) is 5.92 Å². The van der Waals surface area contributed by atoms with Crippen molar-refractivity contribution in [3.63, 3.8) is 0 Å². The van der Waals surface area contributed by atoms with E-state index in [4.69, 9.17) is 11.6 Å². The minimum absolute atomic E-state index is 0.285. The van der Waals surface area contributed by atoms with Crippen LogP contribution in [0.4, 0.5) is 0 Å². The number of hydrogen-bond donors (Lipinski definition) is 1. The number of alkyl halides is 1. The zero-order chi connectivity index (χ0) is 13.1. The van der Waals surface area contributed by atoms with Crippen molar-refractivity contribution < 1.29 is 8.42 Å². The molecule has 1 atom stereocenters. The van der Waals surface area contributed by atoms with Gasteiger partial charge in [0.1, 0.15) is 0 Å². The van der Waals surface area contributed by atoms with Gasteiger partial charge in [0.25, 0.3) is 10.2 Å². The van der Waals surface area contributed by atoms with Crippen molar-refractivity contribution in [2.75, 3.05) is 19.0 Å². The Labute approximate surface area is 110 Å². The summed E-state index contributed by atoms with van der Waals surface area (Å²) in [5.74, 6) is 0.902. The minimum Gasteiger partial charge on any atom is -0.195 e. The van der Waals surface area contributed by atoms with Gasteiger partial charge in [0.2, 0.25) is 0 Å². The van der Waals surface area contributed by atoms with Gasteiger partial charge in [-0.3, -0.25) is 0 Å². The van der Waals surface area contributed by atoms with Gasteiger partial charge in [-0.05, 0) is 32.1 Å². The van der Waals surface area contributed by atoms with Crippen LogP contribution in [0.1, 0.15) is 40.0 Å². The lowest BCUT2D eigenvalue weighted by molar-refractivity contribution is 0.279. The van der Waals surface area contributed by atoms with Crippen molar-refractivity contribution >= 4 is 21.8 Å². The molecule has 0 bridgehead atoms. The van der Waals surface area contributed by atoms with Gasteiger partial charge < -0.3 is 0 Å². The van der Waals surface area contributed by atoms with Crippen LogP contribution < -0.4 is 4.72 Å². The fourth-order valence-corrected chi connectivity index (χ4v) is 3.79. The molecule has 1 saturated heterocycles. The number of piperidine rings is 1. The van der Waals surface area contributed by atoms with Crippen LogP contribution in [0, 0.1) is 5.92 Å². The maximum Gasteiger partial charge on any atom is 0.279 e. The molecular formula is C11H23ClN2O2S. The predicted octanol–water partition coefficient (Wildman–Crippen LogP) is 1.96. The zero-order valence-electron chi connectivity index (χ0n) is 10.9. The molecule has 0 aromatic carbocycles. The molecule has 6 heteroatoms. The normalized spacial score (nSPS) is 23.5. The highest BCUT2D eigenvalue weighted by atomic mass is 35.5. The quantitative estimate of drug-likeness (QED) is 0.784. The van der Waals surface area contributed by atoms with Gasteiger partial charge in [-0.15, -0.1) is 11.6 Å². The van der Waals surface area contributed by atoms with Crippen LogP contribution in [0.5, 0.6) is 0 Å². The lowest BCUT2D eigenvalue weighted by Crippen LogP contribution is -2.54. The van der Waals surface area contributed by atoms with Crippen molar-refractivity contribution in [3.8, 4) is 0 Å². The van der Waals surface area contributed by atoms with Crippen LogP contribution in [0.2, 0.25) is 0 Å². The number of nitrogens with one attached hydrogen (secondary N) is 1. The molecule has 0 spiro atoms. The SMILES string of the molecule is CCC(C)(CCl)NS(=O)(=O)N1CCC(C)CC1. The summed E-state index contributed by atoms with van der Waals surface area (Å²) in [6, 6.07) is 0. The third kappa shape index (κ3) is 4.09. The fraction of sp³-hybridized carbons (Fsp3) is 1.00. The molecule has 0 aromatic rings. The van der Waals surface area contributed by atoms with Gasteiger partial charge in [-0.1, -0.05) is 13.8 Å². The Morgan fingerprint density at radius 2 is 1.94 bits per heavy atom. The maximum atomic E-state index is 12.2. The van der Waals surface area contributed by atoms with Crippen molar-refractivity contribution in [1.82, 2.24) is 9.03 Å². The predicted molar refractivity (Wildman–Crippen MR) is 71.4 cm³/mol. The molecule has 0 aromatic heterocycles. The van der Waals surface area contributed by atoms with E-state index < -0.39 is 15.7 Å². The van der Waals surface area contributed by atoms with Crippen LogP contribution in [-0.2, 0) is 10.2 Å². The largest absolute Gasteiger partial charge is 0.279 e. The topological polar surface area (TPSA) is 49.4 Å². The smallest absolute Gasteiger partial charge is 0.195 e. The number of rotatable bonds is 5. The first-order valence-electron chi connectivity index (χ1n) is 6.18. The summed E-state index contributed by atoms with van der Waals surface area (Å²) in [7, 11) is -3.39. The molecule has 1 rings (SSSR count). The first-order valence-corrected chi connectivity index (χ1v) is 8.15. The van der Waals surface area contributed by atoms with E-state index in [0.717, 1.165) is 12.8 Å². The molecule has 102 valence electrons. The van der Waals surface area contributed by atoms with Gasteiger partial charge in [-0.25, -0.2) is 0 Å². The Morgan fingerprint density at radius 1 is 1.41 bits per heavy atom. The van der Waals surface area contributed by atoms with Gasteiger partial charge >= 0.3 is 0 Å². The summed E-state index contributed by atoms with van der Waals surface area (Å²) >= 11 is 5.83. The second-order valence-electron chi connectivity index (χ2n) is 5.24. The Hall–Kier alpha value is 0.160. The Kier molecular flexibility index (Phi) is 5.25. The molecule has 1 N–H and O–H groups in total. The summed E-state index contributed by atoms with van der Waals surface area (Å²) in [4.78, 5) is 0. The average Bonchev–Trinajstić information content (AvgIpc) is 2.29. The molecule has 4 nitrogen and oxygen atoms in total. The molecule has 1 aliphatic heterocycles. The third-order valence-electron chi connectivity index (χ3n) is 3.53. The molecule has 0 amide bonds. The van der Waals surface area contributed by atoms with Crippen LogP contribution in [-0.4, -0.2) is 37.2 Å². The van der Waals surface area contributed by atoms with E-state index in [-0.39, 0.29) is 5.88 Å². The lowest BCUT2D eigenvalue weighted by Gasteiger charge is -2.34. The van der Waals surface area contributed by atoms with Gasteiger partial charge in [0.05, 0.1) is 0 Å². The van der Waals surface area contributed by atoms with E-state index in [1.54, 1.807) is 0 Å². The highest BCUT2D eigenvalue weighted by Gasteiger charge is 2.32. The Bertz CT molecular complexity index is 333. The van der Waals surface area contributed by atoms with E-state index in [1.165, 1.54) is 4.31 Å². The standard InChI is InChI=1S/C11H23ClN2O2S/c1-4-11(3,9-12)13-17(15,16)14-7-5-10(2)6-8-14/h10,13H,4-9H2,1-3H3. The monoisotopic (exact) mass is 282 g/mol. The van der Waals surface area contributed by atoms with Crippen molar-refractivity contribution in [3.05, 3.63) is 0 Å². The lowest BCUT2D eigenvalue weighted by atomic mass is 10.0. The molecule has 1 heterocycles. The summed E-state index contributed by atoms with van der Waals surface area (Å²) in [5, 5.41) is 0. The molecule has 1 aliphatic rings. The van der Waals surface area contributed by atoms with E-state index in [9.17, 15) is 8.42 Å². The molecule has 0 saturated carbocycles. The summed E-state index contributed by atoms with van der Waals surface area (Å²) in [5.41, 5.74) is -0.552. The third-order valence-corrected chi connectivity index (χ3v) is 5.92. The first-order chi connectivity index (χ1) is 7.83. The number of nitrogens with zero attached hydrogens (tertiary/aromatic N) is 1. The Morgan fingerprint density at radius 3 is 2.35 bits per heavy atom. The van der Waals surface area contributed by atoms with Crippen LogP contribution >= 0.6 is 11.6 Å². The molecule has 0 aliphatic carbocycles. The van der Waals surface area contributed by atoms with E-state index >= 15 is 0 Å². The second-order valence-corrected chi connectivity index (χ2v) is 7.17. The van der Waals surface area contributed by atoms with E-state index in [1.807, 2.05) is 13.8 Å². The summed E-state index contributed by atoms with van der Waals surface area (Å²) < 4.78 is 28.6. The van der Waals surface area contributed by atoms with Gasteiger partial charge in [-0.2, -0.15) is 17.4 Å². The highest BCUT2D eigenvalue weighted by Crippen LogP contribution is 2.20. The Balaban J connectivity index is 2.68. The van der Waals surface area contributed by atoms with Gasteiger partial charge in [0, 0.05) is 24.5 Å². The van der Waals surface area contributed by atoms with Crippen LogP contribution in [0.3, 0.4) is 0 Å². The van der Waals surface area contributed by atoms with E-state index in [0.29, 0.717) is 25.4 Å². The molecule has 1 fully saturated rings. The average molecular weight is 283 g/mol. The fourth-order valence-electron chi connectivity index (χ4n) is 1.80. The number of halogens is 1. The van der Waals surface area contributed by atoms with Crippen LogP contribution in [0.15, 0.2) is 0 Å². The summed E-state index contributed by atoms with van der Waals surface area (Å²) in [6.07, 6.45) is 2.55. The minimum atomic E-state index is -3.39. The van der Waals surface area contributed by atoms with Gasteiger partial charge in [0.15, 0.2) is 0 Å². The first kappa shape index (κ1) is 15.2. The number of hydrogen-bond acceptors (Lipinski definition) is 2. The molecule has 0 radical (unpaired) electrons. The maximum absolute atomic E-state index is 12.2. The zero-order valence-corrected chi connectivity index (χ0v) is 12.4. The summed E-state index contributed by atoms with van der Waals surface area (Å²) in [6.45, 7) is 7.15. The van der Waals surface area contributed by atoms with Crippen molar-refractivity contribution in [2.45, 2.75) is 45.6 Å². The van der Waals surface area contributed by atoms with Crippen LogP contribution in [0.25, 0.3) is 0 Å². The second kappa shape index (κ2) is 5.87. The van der Waals surface area contributed by atoms with E-state index in [2.05, 4.69) is 11.6 Å². The molecular weight excluding hydrogens is 260 g/mol. The molecule has 17 heavy (non-hydrogen) atoms.